The zero-order valence-corrected chi connectivity index (χ0v) is 13.3. The van der Waals surface area contributed by atoms with E-state index in [1.807, 2.05) is 29.0 Å². The summed E-state index contributed by atoms with van der Waals surface area (Å²) < 4.78 is 16.1. The van der Waals surface area contributed by atoms with E-state index in [1.54, 1.807) is 6.07 Å². The minimum atomic E-state index is -0.281. The zero-order valence-electron chi connectivity index (χ0n) is 11.0. The first-order valence-corrected chi connectivity index (χ1v) is 7.57. The van der Waals surface area contributed by atoms with E-state index in [0.717, 1.165) is 22.0 Å². The number of aliphatic hydroxyl groups is 1. The van der Waals surface area contributed by atoms with E-state index in [-0.39, 0.29) is 12.4 Å². The number of aromatic nitrogens is 1. The molecular weight excluding hydrogens is 357 g/mol. The van der Waals surface area contributed by atoms with Crippen LogP contribution in [0.2, 0.25) is 5.02 Å². The highest BCUT2D eigenvalue weighted by molar-refractivity contribution is 9.10. The second-order valence-electron chi connectivity index (χ2n) is 4.88. The molecule has 0 amide bonds. The number of benzene rings is 2. The van der Waals surface area contributed by atoms with Crippen molar-refractivity contribution in [1.82, 2.24) is 4.57 Å². The summed E-state index contributed by atoms with van der Waals surface area (Å²) in [5, 5.41) is 11.0. The zero-order chi connectivity index (χ0) is 15.0. The van der Waals surface area contributed by atoms with Gasteiger partial charge in [0.15, 0.2) is 0 Å². The molecule has 0 aliphatic rings. The van der Waals surface area contributed by atoms with Crippen LogP contribution < -0.4 is 0 Å². The van der Waals surface area contributed by atoms with Gasteiger partial charge in [0, 0.05) is 33.2 Å². The van der Waals surface area contributed by atoms with Gasteiger partial charge in [0.2, 0.25) is 0 Å². The van der Waals surface area contributed by atoms with Gasteiger partial charge in [-0.1, -0.05) is 33.6 Å². The van der Waals surface area contributed by atoms with E-state index in [9.17, 15) is 9.50 Å². The van der Waals surface area contributed by atoms with E-state index >= 15 is 0 Å². The minimum absolute atomic E-state index is 0.0437. The molecule has 1 N–H and O–H groups in total. The second-order valence-corrected chi connectivity index (χ2v) is 6.23. The van der Waals surface area contributed by atoms with Gasteiger partial charge < -0.3 is 9.67 Å². The van der Waals surface area contributed by atoms with Crippen LogP contribution in [0.15, 0.2) is 47.1 Å². The summed E-state index contributed by atoms with van der Waals surface area (Å²) in [7, 11) is 0. The maximum atomic E-state index is 13.5. The number of fused-ring (bicyclic) bond motifs is 1. The fourth-order valence-corrected chi connectivity index (χ4v) is 3.18. The number of nitrogens with zero attached hydrogens (tertiary/aromatic N) is 1. The average molecular weight is 369 g/mol. The fraction of sp³-hybridized carbons (Fsp3) is 0.125. The Kier molecular flexibility index (Phi) is 4.02. The lowest BCUT2D eigenvalue weighted by atomic mass is 10.2. The summed E-state index contributed by atoms with van der Waals surface area (Å²) in [6.45, 7) is 0.463. The molecule has 0 aliphatic heterocycles. The maximum Gasteiger partial charge on any atom is 0.124 e. The summed E-state index contributed by atoms with van der Waals surface area (Å²) in [5.74, 6) is -0.281. The lowest BCUT2D eigenvalue weighted by molar-refractivity contribution is 0.283. The van der Waals surface area contributed by atoms with E-state index in [1.165, 1.54) is 12.1 Å². The van der Waals surface area contributed by atoms with Crippen LogP contribution >= 0.6 is 27.5 Å². The van der Waals surface area contributed by atoms with E-state index in [2.05, 4.69) is 15.9 Å². The molecule has 21 heavy (non-hydrogen) atoms. The van der Waals surface area contributed by atoms with Gasteiger partial charge in [0.25, 0.3) is 0 Å². The summed E-state index contributed by atoms with van der Waals surface area (Å²) in [6.07, 6.45) is 1.87. The SMILES string of the molecule is OCc1cn(Cc2cc(F)cc(Br)c2)c2cc(Cl)ccc12. The average Bonchev–Trinajstić information content (AvgIpc) is 2.75. The molecule has 108 valence electrons. The molecule has 2 aromatic carbocycles. The first-order chi connectivity index (χ1) is 10.1. The van der Waals surface area contributed by atoms with Gasteiger partial charge in [-0.05, 0) is 35.9 Å². The summed E-state index contributed by atoms with van der Waals surface area (Å²) in [4.78, 5) is 0. The summed E-state index contributed by atoms with van der Waals surface area (Å²) >= 11 is 9.35. The normalized spacial score (nSPS) is 11.2. The van der Waals surface area contributed by atoms with E-state index < -0.39 is 0 Å². The second kappa shape index (κ2) is 5.79. The predicted molar refractivity (Wildman–Crippen MR) is 86.1 cm³/mol. The molecule has 0 aliphatic carbocycles. The summed E-state index contributed by atoms with van der Waals surface area (Å²) in [5.41, 5.74) is 2.59. The van der Waals surface area contributed by atoms with Gasteiger partial charge >= 0.3 is 0 Å². The quantitative estimate of drug-likeness (QED) is 0.710. The van der Waals surface area contributed by atoms with Crippen molar-refractivity contribution in [2.75, 3.05) is 0 Å². The Labute approximate surface area is 134 Å². The van der Waals surface area contributed by atoms with Crippen LogP contribution in [-0.4, -0.2) is 9.67 Å². The van der Waals surface area contributed by atoms with E-state index in [0.29, 0.717) is 16.0 Å². The molecule has 0 atom stereocenters. The van der Waals surface area contributed by atoms with Crippen molar-refractivity contribution in [2.24, 2.45) is 0 Å². The molecule has 0 unspecified atom stereocenters. The molecule has 0 fully saturated rings. The fourth-order valence-electron chi connectivity index (χ4n) is 2.50. The molecule has 0 bridgehead atoms. The van der Waals surface area contributed by atoms with Crippen molar-refractivity contribution in [3.05, 3.63) is 69.0 Å². The predicted octanol–water partition coefficient (Wildman–Crippen LogP) is 4.74. The standard InChI is InChI=1S/C16H12BrClFNO/c17-12-3-10(4-14(19)5-12)7-20-8-11(9-21)15-2-1-13(18)6-16(15)20/h1-6,8,21H,7,9H2. The number of aliphatic hydroxyl groups excluding tert-OH is 1. The van der Waals surface area contributed by atoms with Crippen LogP contribution in [0.1, 0.15) is 11.1 Å². The molecule has 0 spiro atoms. The van der Waals surface area contributed by atoms with Crippen molar-refractivity contribution in [3.8, 4) is 0 Å². The van der Waals surface area contributed by atoms with Gasteiger partial charge in [0.1, 0.15) is 5.82 Å². The highest BCUT2D eigenvalue weighted by Gasteiger charge is 2.09. The van der Waals surface area contributed by atoms with Crippen molar-refractivity contribution in [2.45, 2.75) is 13.2 Å². The van der Waals surface area contributed by atoms with Gasteiger partial charge in [0.05, 0.1) is 12.1 Å². The first kappa shape index (κ1) is 14.6. The van der Waals surface area contributed by atoms with Gasteiger partial charge in [-0.15, -0.1) is 0 Å². The molecule has 2 nitrogen and oxygen atoms in total. The Bertz CT molecular complexity index is 795. The molecule has 0 saturated heterocycles. The Hall–Kier alpha value is -1.36. The van der Waals surface area contributed by atoms with Crippen molar-refractivity contribution in [1.29, 1.82) is 0 Å². The molecule has 5 heteroatoms. The minimum Gasteiger partial charge on any atom is -0.392 e. The largest absolute Gasteiger partial charge is 0.392 e. The first-order valence-electron chi connectivity index (χ1n) is 6.40. The van der Waals surface area contributed by atoms with Crippen LogP contribution in [0.5, 0.6) is 0 Å². The monoisotopic (exact) mass is 367 g/mol. The van der Waals surface area contributed by atoms with Gasteiger partial charge in [-0.3, -0.25) is 0 Å². The third-order valence-electron chi connectivity index (χ3n) is 3.37. The third kappa shape index (κ3) is 2.98. The maximum absolute atomic E-state index is 13.5. The molecule has 3 rings (SSSR count). The Morgan fingerprint density at radius 3 is 2.71 bits per heavy atom. The molecule has 0 radical (unpaired) electrons. The lowest BCUT2D eigenvalue weighted by Gasteiger charge is -2.07. The number of hydrogen-bond donors (Lipinski definition) is 1. The van der Waals surface area contributed by atoms with Crippen LogP contribution in [0.25, 0.3) is 10.9 Å². The molecule has 0 saturated carbocycles. The van der Waals surface area contributed by atoms with Crippen molar-refractivity contribution >= 4 is 38.4 Å². The van der Waals surface area contributed by atoms with Crippen LogP contribution in [-0.2, 0) is 13.2 Å². The molecular formula is C16H12BrClFNO. The Morgan fingerprint density at radius 1 is 1.19 bits per heavy atom. The third-order valence-corrected chi connectivity index (χ3v) is 4.07. The Balaban J connectivity index is 2.09. The topological polar surface area (TPSA) is 25.2 Å². The van der Waals surface area contributed by atoms with Crippen LogP contribution in [0, 0.1) is 5.82 Å². The highest BCUT2D eigenvalue weighted by atomic mass is 79.9. The number of rotatable bonds is 3. The van der Waals surface area contributed by atoms with Gasteiger partial charge in [-0.2, -0.15) is 0 Å². The molecule has 1 aromatic heterocycles. The van der Waals surface area contributed by atoms with Gasteiger partial charge in [-0.25, -0.2) is 4.39 Å². The van der Waals surface area contributed by atoms with Crippen molar-refractivity contribution in [3.63, 3.8) is 0 Å². The van der Waals surface area contributed by atoms with Crippen LogP contribution in [0.4, 0.5) is 4.39 Å². The smallest absolute Gasteiger partial charge is 0.124 e. The van der Waals surface area contributed by atoms with E-state index in [4.69, 9.17) is 11.6 Å². The molecule has 1 heterocycles. The summed E-state index contributed by atoms with van der Waals surface area (Å²) in [6, 6.07) is 10.3. The number of halogens is 3. The van der Waals surface area contributed by atoms with Crippen molar-refractivity contribution < 1.29 is 9.50 Å². The van der Waals surface area contributed by atoms with Crippen LogP contribution in [0.3, 0.4) is 0 Å². The highest BCUT2D eigenvalue weighted by Crippen LogP contribution is 2.26. The number of hydrogen-bond acceptors (Lipinski definition) is 1. The Morgan fingerprint density at radius 2 is 2.00 bits per heavy atom. The lowest BCUT2D eigenvalue weighted by Crippen LogP contribution is -1.98. The molecule has 3 aromatic rings.